The molecule has 2 N–H and O–H groups in total. The minimum absolute atomic E-state index is 0. The van der Waals surface area contributed by atoms with E-state index in [-0.39, 0.29) is 43.3 Å². The summed E-state index contributed by atoms with van der Waals surface area (Å²) in [6, 6.07) is 23.2. The SMILES string of the molecule is CCCCCCCCCCCc1c(Oc2ccccc2)ccc(S(=O)(=O)O)c1O.CCCCCCCCCCCc1c(Oc2ccccc2)ccc(S(=O)(=O)[O-])c1[O-].[Ca+2]. The number of benzene rings is 4. The predicted molar refractivity (Wildman–Crippen MR) is 232 cm³/mol. The normalized spacial score (nSPS) is 11.3. The Hall–Kier alpha value is -2.84. The van der Waals surface area contributed by atoms with E-state index in [1.54, 1.807) is 24.3 Å². The molecule has 0 bridgehead atoms. The molecular formula is C46H62CaO10S2. The molecule has 4 rings (SSSR count). The molecule has 0 saturated carbocycles. The summed E-state index contributed by atoms with van der Waals surface area (Å²) in [7, 11) is -9.32. The third-order valence-electron chi connectivity index (χ3n) is 9.93. The molecular weight excluding hydrogens is 817 g/mol. The number of ether oxygens (including phenoxy) is 2. The maximum atomic E-state index is 12.6. The monoisotopic (exact) mass is 878 g/mol. The molecule has 0 spiro atoms. The largest absolute Gasteiger partial charge is 2.00 e. The van der Waals surface area contributed by atoms with Gasteiger partial charge in [-0.3, -0.25) is 4.55 Å². The van der Waals surface area contributed by atoms with E-state index < -0.39 is 41.5 Å². The molecule has 0 unspecified atom stereocenters. The maximum Gasteiger partial charge on any atom is 2.00 e. The van der Waals surface area contributed by atoms with Gasteiger partial charge in [-0.25, -0.2) is 8.42 Å². The van der Waals surface area contributed by atoms with E-state index in [9.17, 15) is 36.2 Å². The van der Waals surface area contributed by atoms with Gasteiger partial charge in [-0.15, -0.1) is 0 Å². The van der Waals surface area contributed by atoms with Crippen molar-refractivity contribution in [3.05, 3.63) is 96.1 Å². The van der Waals surface area contributed by atoms with E-state index in [0.29, 0.717) is 41.4 Å². The Bertz CT molecular complexity index is 1850. The standard InChI is InChI=1S/2C23H32O5S.Ca/c2*1-2-3-4-5-6-7-8-9-13-16-20-21(28-19-14-11-10-12-15-19)17-18-22(23(20)24)29(25,26)27;/h2*10-12,14-15,17-18,24H,2-9,13,16H2,1H3,(H,25,26,27);/q;;+2/p-2. The minimum atomic E-state index is -4.81. The van der Waals surface area contributed by atoms with Crippen molar-refractivity contribution < 1.29 is 45.6 Å². The van der Waals surface area contributed by atoms with Crippen LogP contribution < -0.4 is 14.6 Å². The molecule has 0 aromatic heterocycles. The Morgan fingerprint density at radius 3 is 1.25 bits per heavy atom. The summed E-state index contributed by atoms with van der Waals surface area (Å²) in [4.78, 5) is -1.19. The van der Waals surface area contributed by atoms with Crippen molar-refractivity contribution in [1.82, 2.24) is 0 Å². The second kappa shape index (κ2) is 28.6. The molecule has 59 heavy (non-hydrogen) atoms. The first-order valence-electron chi connectivity index (χ1n) is 20.9. The number of hydrogen-bond donors (Lipinski definition) is 2. The van der Waals surface area contributed by atoms with E-state index in [1.807, 2.05) is 36.4 Å². The van der Waals surface area contributed by atoms with Crippen molar-refractivity contribution in [2.75, 3.05) is 0 Å². The Morgan fingerprint density at radius 1 is 0.508 bits per heavy atom. The average molecular weight is 879 g/mol. The van der Waals surface area contributed by atoms with Crippen molar-refractivity contribution in [3.8, 4) is 34.5 Å². The van der Waals surface area contributed by atoms with Gasteiger partial charge in [0.05, 0.1) is 0 Å². The van der Waals surface area contributed by atoms with E-state index in [1.165, 1.54) is 88.8 Å². The van der Waals surface area contributed by atoms with E-state index in [4.69, 9.17) is 9.47 Å². The molecule has 4 aromatic carbocycles. The zero-order valence-electron chi connectivity index (χ0n) is 34.9. The summed E-state index contributed by atoms with van der Waals surface area (Å²) in [5.41, 5.74) is 0.667. The molecule has 10 nitrogen and oxygen atoms in total. The van der Waals surface area contributed by atoms with Gasteiger partial charge in [-0.1, -0.05) is 159 Å². The van der Waals surface area contributed by atoms with Gasteiger partial charge in [0.25, 0.3) is 10.1 Å². The van der Waals surface area contributed by atoms with Gasteiger partial charge < -0.3 is 24.2 Å². The zero-order chi connectivity index (χ0) is 42.2. The van der Waals surface area contributed by atoms with Gasteiger partial charge in [0.2, 0.25) is 0 Å². The molecule has 0 radical (unpaired) electrons. The number of phenols is 1. The van der Waals surface area contributed by atoms with Crippen molar-refractivity contribution in [3.63, 3.8) is 0 Å². The van der Waals surface area contributed by atoms with Crippen LogP contribution in [-0.2, 0) is 33.1 Å². The number of phenolic OH excluding ortho intramolecular Hbond substituents is 1. The third kappa shape index (κ3) is 19.6. The van der Waals surface area contributed by atoms with Gasteiger partial charge in [-0.05, 0) is 79.8 Å². The first-order chi connectivity index (χ1) is 27.9. The number of para-hydroxylation sites is 2. The van der Waals surface area contributed by atoms with Crippen LogP contribution in [0.25, 0.3) is 0 Å². The van der Waals surface area contributed by atoms with Crippen molar-refractivity contribution in [2.24, 2.45) is 0 Å². The number of unbranched alkanes of at least 4 members (excludes halogenated alkanes) is 16. The smallest absolute Gasteiger partial charge is 0.871 e. The first kappa shape index (κ1) is 52.3. The summed E-state index contributed by atoms with van der Waals surface area (Å²) in [6.45, 7) is 4.41. The Labute approximate surface area is 383 Å². The fraction of sp³-hybridized carbons (Fsp3) is 0.478. The van der Waals surface area contributed by atoms with Gasteiger partial charge in [0.15, 0.2) is 0 Å². The second-order valence-electron chi connectivity index (χ2n) is 14.7. The van der Waals surface area contributed by atoms with Crippen LogP contribution in [0.1, 0.15) is 141 Å². The van der Waals surface area contributed by atoms with Crippen LogP contribution in [0, 0.1) is 0 Å². The molecule has 0 aliphatic rings. The fourth-order valence-corrected chi connectivity index (χ4v) is 7.91. The second-order valence-corrected chi connectivity index (χ2v) is 17.4. The summed E-state index contributed by atoms with van der Waals surface area (Å²) in [6.07, 6.45) is 21.6. The zero-order valence-corrected chi connectivity index (χ0v) is 38.8. The van der Waals surface area contributed by atoms with Crippen LogP contribution >= 0.6 is 0 Å². The van der Waals surface area contributed by atoms with Crippen LogP contribution in [0.2, 0.25) is 0 Å². The number of aromatic hydroxyl groups is 1. The molecule has 0 aliphatic carbocycles. The Morgan fingerprint density at radius 2 is 0.864 bits per heavy atom. The van der Waals surface area contributed by atoms with Crippen molar-refractivity contribution in [1.29, 1.82) is 0 Å². The van der Waals surface area contributed by atoms with E-state index in [2.05, 4.69) is 13.8 Å². The van der Waals surface area contributed by atoms with Gasteiger partial charge in [0.1, 0.15) is 43.8 Å². The van der Waals surface area contributed by atoms with Gasteiger partial charge in [0, 0.05) is 10.5 Å². The molecule has 4 aromatic rings. The predicted octanol–water partition coefficient (Wildman–Crippen LogP) is 11.7. The topological polar surface area (TPSA) is 173 Å². The van der Waals surface area contributed by atoms with Crippen molar-refractivity contribution >= 4 is 58.0 Å². The molecule has 0 heterocycles. The summed E-state index contributed by atoms with van der Waals surface area (Å²) >= 11 is 0. The maximum absolute atomic E-state index is 12.6. The fourth-order valence-electron chi connectivity index (χ4n) is 6.72. The van der Waals surface area contributed by atoms with E-state index in [0.717, 1.165) is 51.0 Å². The summed E-state index contributed by atoms with van der Waals surface area (Å²) < 4.78 is 78.3. The molecule has 0 aliphatic heterocycles. The van der Waals surface area contributed by atoms with Crippen LogP contribution in [0.3, 0.4) is 0 Å². The molecule has 320 valence electrons. The molecule has 0 fully saturated rings. The number of rotatable bonds is 26. The van der Waals surface area contributed by atoms with Gasteiger partial charge >= 0.3 is 37.7 Å². The van der Waals surface area contributed by atoms with Crippen LogP contribution in [0.5, 0.6) is 34.5 Å². The first-order valence-corrected chi connectivity index (χ1v) is 23.8. The van der Waals surface area contributed by atoms with Crippen LogP contribution in [0.4, 0.5) is 0 Å². The average Bonchev–Trinajstić information content (AvgIpc) is 3.18. The van der Waals surface area contributed by atoms with Crippen LogP contribution in [0.15, 0.2) is 94.7 Å². The minimum Gasteiger partial charge on any atom is -0.871 e. The molecule has 0 atom stereocenters. The van der Waals surface area contributed by atoms with Crippen molar-refractivity contribution in [2.45, 2.75) is 152 Å². The third-order valence-corrected chi connectivity index (χ3v) is 11.7. The van der Waals surface area contributed by atoms with E-state index >= 15 is 0 Å². The summed E-state index contributed by atoms with van der Waals surface area (Å²) in [5, 5.41) is 23.1. The van der Waals surface area contributed by atoms with Gasteiger partial charge in [-0.2, -0.15) is 8.42 Å². The quantitative estimate of drug-likeness (QED) is 0.0351. The van der Waals surface area contributed by atoms with Crippen LogP contribution in [-0.4, -0.2) is 68.8 Å². The molecule has 0 amide bonds. The molecule has 0 saturated heterocycles. The Balaban J connectivity index is 0.000000400. The Kier molecular flexibility index (Phi) is 25.4. The molecule has 13 heteroatoms. The summed E-state index contributed by atoms with van der Waals surface area (Å²) in [5.74, 6) is 0.695. The number of hydrogen-bond acceptors (Lipinski definition) is 9.